The maximum absolute atomic E-state index is 14.1. The van der Waals surface area contributed by atoms with Crippen molar-refractivity contribution >= 4 is 34.7 Å². The topological polar surface area (TPSA) is 49.7 Å². The summed E-state index contributed by atoms with van der Waals surface area (Å²) in [6.45, 7) is 4.42. The second kappa shape index (κ2) is 9.56. The van der Waals surface area contributed by atoms with Gasteiger partial charge in [-0.15, -0.1) is 11.3 Å². The average molecular weight is 533 g/mol. The molecule has 1 atom stereocenters. The first-order valence-electron chi connectivity index (χ1n) is 12.4. The van der Waals surface area contributed by atoms with Crippen LogP contribution in [0.4, 0.5) is 10.5 Å². The Kier molecular flexibility index (Phi) is 6.23. The predicted molar refractivity (Wildman–Crippen MR) is 149 cm³/mol. The van der Waals surface area contributed by atoms with Gasteiger partial charge in [0.15, 0.2) is 0 Å². The van der Waals surface area contributed by atoms with Gasteiger partial charge in [0.1, 0.15) is 10.8 Å². The van der Waals surface area contributed by atoms with Crippen LogP contribution in [-0.4, -0.2) is 41.1 Å². The van der Waals surface area contributed by atoms with Crippen molar-refractivity contribution in [2.75, 3.05) is 26.0 Å². The zero-order valence-corrected chi connectivity index (χ0v) is 22.7. The maximum Gasteiger partial charge on any atom is 0.322 e. The summed E-state index contributed by atoms with van der Waals surface area (Å²) >= 11 is 8.23. The number of benzene rings is 2. The molecule has 0 spiro atoms. The molecule has 0 saturated heterocycles. The number of amides is 2. The van der Waals surface area contributed by atoms with Crippen molar-refractivity contribution < 1.29 is 9.53 Å². The highest BCUT2D eigenvalue weighted by molar-refractivity contribution is 7.15. The number of hydrogen-bond acceptors (Lipinski definition) is 4. The molecule has 6 nitrogen and oxygen atoms in total. The molecule has 6 rings (SSSR count). The first kappa shape index (κ1) is 24.1. The van der Waals surface area contributed by atoms with E-state index in [1.54, 1.807) is 7.11 Å². The van der Waals surface area contributed by atoms with E-state index in [-0.39, 0.29) is 12.1 Å². The van der Waals surface area contributed by atoms with Crippen LogP contribution in [0.25, 0.3) is 5.00 Å². The molecule has 4 heterocycles. The van der Waals surface area contributed by atoms with Crippen LogP contribution < -0.4 is 10.1 Å². The van der Waals surface area contributed by atoms with E-state index in [1.807, 2.05) is 59.6 Å². The van der Waals surface area contributed by atoms with E-state index in [0.717, 1.165) is 42.1 Å². The summed E-state index contributed by atoms with van der Waals surface area (Å²) in [5.41, 5.74) is 6.34. The minimum Gasteiger partial charge on any atom is -0.497 e. The van der Waals surface area contributed by atoms with Crippen LogP contribution in [0.2, 0.25) is 5.02 Å². The van der Waals surface area contributed by atoms with E-state index in [0.29, 0.717) is 17.3 Å². The molecule has 0 saturated carbocycles. The fourth-order valence-corrected chi connectivity index (χ4v) is 7.00. The molecule has 190 valence electrons. The molecule has 2 aromatic heterocycles. The summed E-state index contributed by atoms with van der Waals surface area (Å²) in [4.78, 5) is 19.8. The number of likely N-dealkylation sites (N-methyl/N-ethyl adjacent to an activating group) is 1. The molecule has 2 aliphatic rings. The number of carbonyl (C=O) groups excluding carboxylic acids is 1. The number of thiophene rings is 1. The van der Waals surface area contributed by atoms with Crippen LogP contribution in [0.1, 0.15) is 38.9 Å². The molecular weight excluding hydrogens is 504 g/mol. The Labute approximate surface area is 226 Å². The summed E-state index contributed by atoms with van der Waals surface area (Å²) in [6.07, 6.45) is 3.11. The molecule has 0 aliphatic carbocycles. The lowest BCUT2D eigenvalue weighted by Crippen LogP contribution is -2.38. The van der Waals surface area contributed by atoms with Crippen LogP contribution in [0.3, 0.4) is 0 Å². The largest absolute Gasteiger partial charge is 0.497 e. The molecule has 4 aromatic rings. The molecule has 0 fully saturated rings. The summed E-state index contributed by atoms with van der Waals surface area (Å²) in [5.74, 6) is 0.765. The second-order valence-corrected chi connectivity index (χ2v) is 11.3. The summed E-state index contributed by atoms with van der Waals surface area (Å²) < 4.78 is 7.83. The van der Waals surface area contributed by atoms with Gasteiger partial charge < -0.3 is 24.4 Å². The Morgan fingerprint density at radius 2 is 1.97 bits per heavy atom. The average Bonchev–Trinajstić information content (AvgIpc) is 3.47. The van der Waals surface area contributed by atoms with Gasteiger partial charge in [0.2, 0.25) is 0 Å². The Morgan fingerprint density at radius 3 is 2.78 bits per heavy atom. The number of hydrogen-bond donors (Lipinski definition) is 1. The summed E-state index contributed by atoms with van der Waals surface area (Å²) in [7, 11) is 3.83. The molecule has 1 N–H and O–H groups in total. The minimum atomic E-state index is -0.299. The van der Waals surface area contributed by atoms with Gasteiger partial charge >= 0.3 is 6.03 Å². The monoisotopic (exact) mass is 532 g/mol. The van der Waals surface area contributed by atoms with Gasteiger partial charge in [-0.2, -0.15) is 0 Å². The Morgan fingerprint density at radius 1 is 1.11 bits per heavy atom. The number of aromatic nitrogens is 1. The van der Waals surface area contributed by atoms with Crippen molar-refractivity contribution in [2.24, 2.45) is 0 Å². The van der Waals surface area contributed by atoms with Gasteiger partial charge in [-0.05, 0) is 73.5 Å². The molecule has 0 radical (unpaired) electrons. The van der Waals surface area contributed by atoms with Gasteiger partial charge in [-0.1, -0.05) is 29.8 Å². The maximum atomic E-state index is 14.1. The third-order valence-electron chi connectivity index (χ3n) is 7.35. The Hall–Kier alpha value is -3.26. The van der Waals surface area contributed by atoms with Crippen molar-refractivity contribution in [2.45, 2.75) is 32.5 Å². The highest BCUT2D eigenvalue weighted by atomic mass is 35.5. The van der Waals surface area contributed by atoms with Crippen molar-refractivity contribution in [1.82, 2.24) is 14.4 Å². The third-order valence-corrected chi connectivity index (χ3v) is 9.01. The molecule has 2 amide bonds. The second-order valence-electron chi connectivity index (χ2n) is 9.78. The van der Waals surface area contributed by atoms with Gasteiger partial charge in [0.25, 0.3) is 0 Å². The number of nitrogens with zero attached hydrogens (tertiary/aromatic N) is 3. The van der Waals surface area contributed by atoms with Gasteiger partial charge in [0.05, 0.1) is 25.4 Å². The van der Waals surface area contributed by atoms with Gasteiger partial charge in [0, 0.05) is 40.4 Å². The fourth-order valence-electron chi connectivity index (χ4n) is 5.38. The quantitative estimate of drug-likeness (QED) is 0.322. The number of nitrogens with one attached hydrogen (secondary N) is 1. The van der Waals surface area contributed by atoms with Crippen LogP contribution in [0.15, 0.2) is 60.8 Å². The highest BCUT2D eigenvalue weighted by Crippen LogP contribution is 2.44. The van der Waals surface area contributed by atoms with Crippen LogP contribution in [0, 0.1) is 6.92 Å². The highest BCUT2D eigenvalue weighted by Gasteiger charge is 2.36. The molecule has 37 heavy (non-hydrogen) atoms. The normalized spacial score (nSPS) is 17.0. The number of anilines is 1. The number of methoxy groups -OCH3 is 1. The predicted octanol–water partition coefficient (Wildman–Crippen LogP) is 6.63. The van der Waals surface area contributed by atoms with E-state index in [1.165, 1.54) is 21.0 Å². The number of fused-ring (bicyclic) bond motifs is 5. The van der Waals surface area contributed by atoms with E-state index in [9.17, 15) is 4.79 Å². The van der Waals surface area contributed by atoms with Crippen LogP contribution >= 0.6 is 22.9 Å². The van der Waals surface area contributed by atoms with Crippen molar-refractivity contribution in [3.05, 3.63) is 98.6 Å². The van der Waals surface area contributed by atoms with Crippen LogP contribution in [0.5, 0.6) is 5.75 Å². The van der Waals surface area contributed by atoms with Crippen LogP contribution in [-0.2, 0) is 19.5 Å². The van der Waals surface area contributed by atoms with Crippen molar-refractivity contribution in [3.63, 3.8) is 0 Å². The number of rotatable bonds is 3. The Bertz CT molecular complexity index is 1490. The molecule has 8 heteroatoms. The molecule has 0 bridgehead atoms. The summed E-state index contributed by atoms with van der Waals surface area (Å²) in [5, 5.41) is 4.97. The number of halogens is 1. The van der Waals surface area contributed by atoms with E-state index in [4.69, 9.17) is 16.3 Å². The number of ether oxygens (including phenoxy) is 1. The van der Waals surface area contributed by atoms with Gasteiger partial charge in [-0.3, -0.25) is 0 Å². The molecule has 2 aliphatic heterocycles. The first-order chi connectivity index (χ1) is 17.9. The number of urea groups is 1. The minimum absolute atomic E-state index is 0.166. The zero-order chi connectivity index (χ0) is 25.7. The van der Waals surface area contributed by atoms with E-state index >= 15 is 0 Å². The molecule has 0 unspecified atom stereocenters. The standard InChI is InChI=1S/C29H29ClN4O2S/c1-18-9-10-20(15-24(18)30)31-29(35)34-16-23-22-11-13-32(2)17-26(22)37-28(23)33-12-5-8-25(33)27(34)19-6-4-7-21(14-19)36-3/h4-10,12,14-15,27H,11,13,16-17H2,1-3H3,(H,31,35)/t27-/m0/s1. The lowest BCUT2D eigenvalue weighted by Gasteiger charge is -2.32. The van der Waals surface area contributed by atoms with Crippen molar-refractivity contribution in [1.29, 1.82) is 0 Å². The SMILES string of the molecule is COc1cccc([C@H]2c3cccn3-c3sc4c(c3CN2C(=O)Nc2ccc(C)c(Cl)c2)CCN(C)C4)c1. The number of aryl methyl sites for hydroxylation is 1. The molecular formula is C29H29ClN4O2S. The van der Waals surface area contributed by atoms with Gasteiger partial charge in [-0.25, -0.2) is 4.79 Å². The van der Waals surface area contributed by atoms with E-state index in [2.05, 4.69) is 46.2 Å². The fraction of sp³-hybridized carbons (Fsp3) is 0.276. The lowest BCUT2D eigenvalue weighted by atomic mass is 10.00. The zero-order valence-electron chi connectivity index (χ0n) is 21.1. The van der Waals surface area contributed by atoms with Crippen molar-refractivity contribution in [3.8, 4) is 10.8 Å². The Balaban J connectivity index is 1.49. The molecule has 2 aromatic carbocycles. The lowest BCUT2D eigenvalue weighted by molar-refractivity contribution is 0.194. The third kappa shape index (κ3) is 4.31. The first-order valence-corrected chi connectivity index (χ1v) is 13.6. The number of carbonyl (C=O) groups is 1. The smallest absolute Gasteiger partial charge is 0.322 e. The summed E-state index contributed by atoms with van der Waals surface area (Å²) in [6, 6.07) is 17.4. The van der Waals surface area contributed by atoms with E-state index < -0.39 is 0 Å².